The summed E-state index contributed by atoms with van der Waals surface area (Å²) in [4.78, 5) is 19.6. The molecule has 0 aliphatic heterocycles. The highest BCUT2D eigenvalue weighted by Crippen LogP contribution is 2.33. The standard InChI is InChI=1S/C19H18ClN5O2/c1-10(24-13-4-2-3-12(20)8-13)17-15(9-23-19(22)25-17)14-6-5-11(18(26)27)7-16(14)21/h2-10,24H,21H2,1H3,(H,26,27)(H2,22,23,25). The number of nitrogens with one attached hydrogen (secondary N) is 1. The van der Waals surface area contributed by atoms with Crippen molar-refractivity contribution in [3.05, 3.63) is 64.9 Å². The smallest absolute Gasteiger partial charge is 0.335 e. The predicted octanol–water partition coefficient (Wildman–Crippen LogP) is 3.83. The molecule has 8 heteroatoms. The summed E-state index contributed by atoms with van der Waals surface area (Å²) in [6.07, 6.45) is 1.58. The van der Waals surface area contributed by atoms with E-state index in [2.05, 4.69) is 15.3 Å². The SMILES string of the molecule is CC(Nc1cccc(Cl)c1)c1nc(N)ncc1-c1ccc(C(=O)O)cc1N. The zero-order chi connectivity index (χ0) is 19.6. The van der Waals surface area contributed by atoms with Crippen molar-refractivity contribution in [3.8, 4) is 11.1 Å². The lowest BCUT2D eigenvalue weighted by molar-refractivity contribution is 0.0697. The highest BCUT2D eigenvalue weighted by atomic mass is 35.5. The molecular formula is C19H18ClN5O2. The number of hydrogen-bond acceptors (Lipinski definition) is 6. The van der Waals surface area contributed by atoms with Gasteiger partial charge < -0.3 is 21.9 Å². The first-order valence-electron chi connectivity index (χ1n) is 8.13. The zero-order valence-electron chi connectivity index (χ0n) is 14.5. The first-order chi connectivity index (χ1) is 12.8. The van der Waals surface area contributed by atoms with Crippen LogP contribution >= 0.6 is 11.6 Å². The first kappa shape index (κ1) is 18.5. The molecule has 0 bridgehead atoms. The summed E-state index contributed by atoms with van der Waals surface area (Å²) in [6.45, 7) is 1.92. The number of carbonyl (C=O) groups is 1. The van der Waals surface area contributed by atoms with Gasteiger partial charge in [-0.05, 0) is 37.3 Å². The highest BCUT2D eigenvalue weighted by Gasteiger charge is 2.18. The number of rotatable bonds is 5. The second-order valence-electron chi connectivity index (χ2n) is 6.01. The van der Waals surface area contributed by atoms with Gasteiger partial charge in [-0.1, -0.05) is 23.7 Å². The molecule has 3 aromatic rings. The van der Waals surface area contributed by atoms with Crippen LogP contribution < -0.4 is 16.8 Å². The lowest BCUT2D eigenvalue weighted by Crippen LogP contribution is -2.12. The summed E-state index contributed by atoms with van der Waals surface area (Å²) in [5.41, 5.74) is 15.1. The van der Waals surface area contributed by atoms with Crippen LogP contribution in [-0.2, 0) is 0 Å². The lowest BCUT2D eigenvalue weighted by atomic mass is 9.98. The van der Waals surface area contributed by atoms with Crippen LogP contribution in [0.2, 0.25) is 5.02 Å². The molecule has 1 unspecified atom stereocenters. The Balaban J connectivity index is 2.02. The summed E-state index contributed by atoms with van der Waals surface area (Å²) in [6, 6.07) is 11.6. The molecule has 6 N–H and O–H groups in total. The largest absolute Gasteiger partial charge is 0.478 e. The van der Waals surface area contributed by atoms with Gasteiger partial charge >= 0.3 is 5.97 Å². The molecule has 0 radical (unpaired) electrons. The zero-order valence-corrected chi connectivity index (χ0v) is 15.2. The van der Waals surface area contributed by atoms with Crippen molar-refractivity contribution < 1.29 is 9.90 Å². The fourth-order valence-corrected chi connectivity index (χ4v) is 2.97. The monoisotopic (exact) mass is 383 g/mol. The number of anilines is 3. The molecule has 0 saturated heterocycles. The van der Waals surface area contributed by atoms with Crippen molar-refractivity contribution in [3.63, 3.8) is 0 Å². The van der Waals surface area contributed by atoms with E-state index in [9.17, 15) is 4.79 Å². The Morgan fingerprint density at radius 2 is 1.96 bits per heavy atom. The van der Waals surface area contributed by atoms with E-state index in [4.69, 9.17) is 28.2 Å². The molecule has 2 aromatic carbocycles. The number of aromatic nitrogens is 2. The molecule has 0 aliphatic carbocycles. The number of carboxylic acids is 1. The normalized spacial score (nSPS) is 11.8. The molecule has 1 aromatic heterocycles. The number of nitrogen functional groups attached to an aromatic ring is 2. The number of carboxylic acid groups (broad SMARTS) is 1. The van der Waals surface area contributed by atoms with Crippen LogP contribution in [0.15, 0.2) is 48.7 Å². The van der Waals surface area contributed by atoms with Gasteiger partial charge in [0.1, 0.15) is 0 Å². The Morgan fingerprint density at radius 3 is 2.63 bits per heavy atom. The Labute approximate surface area is 161 Å². The summed E-state index contributed by atoms with van der Waals surface area (Å²) < 4.78 is 0. The third-order valence-electron chi connectivity index (χ3n) is 4.04. The van der Waals surface area contributed by atoms with Crippen LogP contribution in [0.25, 0.3) is 11.1 Å². The van der Waals surface area contributed by atoms with Crippen molar-refractivity contribution in [2.45, 2.75) is 13.0 Å². The van der Waals surface area contributed by atoms with Gasteiger partial charge in [0.15, 0.2) is 0 Å². The molecule has 0 amide bonds. The third kappa shape index (κ3) is 4.09. The molecular weight excluding hydrogens is 366 g/mol. The van der Waals surface area contributed by atoms with E-state index in [0.29, 0.717) is 27.5 Å². The molecule has 1 heterocycles. The minimum Gasteiger partial charge on any atom is -0.478 e. The molecule has 0 spiro atoms. The van der Waals surface area contributed by atoms with Gasteiger partial charge in [-0.3, -0.25) is 0 Å². The number of halogens is 1. The van der Waals surface area contributed by atoms with E-state index in [1.165, 1.54) is 12.1 Å². The molecule has 0 fully saturated rings. The molecule has 0 saturated carbocycles. The topological polar surface area (TPSA) is 127 Å². The van der Waals surface area contributed by atoms with Gasteiger partial charge in [-0.2, -0.15) is 0 Å². The van der Waals surface area contributed by atoms with Crippen LogP contribution in [0.3, 0.4) is 0 Å². The van der Waals surface area contributed by atoms with Crippen LogP contribution in [0, 0.1) is 0 Å². The van der Waals surface area contributed by atoms with Crippen LogP contribution in [-0.4, -0.2) is 21.0 Å². The molecule has 27 heavy (non-hydrogen) atoms. The Bertz CT molecular complexity index is 1010. The number of benzene rings is 2. The molecule has 0 aliphatic rings. The van der Waals surface area contributed by atoms with Gasteiger partial charge in [-0.15, -0.1) is 0 Å². The van der Waals surface area contributed by atoms with E-state index in [1.807, 2.05) is 19.1 Å². The maximum absolute atomic E-state index is 11.1. The molecule has 138 valence electrons. The maximum Gasteiger partial charge on any atom is 0.335 e. The van der Waals surface area contributed by atoms with Crippen molar-refractivity contribution in [1.29, 1.82) is 0 Å². The van der Waals surface area contributed by atoms with E-state index < -0.39 is 5.97 Å². The number of nitrogens with two attached hydrogens (primary N) is 2. The molecule has 1 atom stereocenters. The Hall–Kier alpha value is -3.32. The van der Waals surface area contributed by atoms with E-state index in [1.54, 1.807) is 24.4 Å². The van der Waals surface area contributed by atoms with E-state index in [-0.39, 0.29) is 17.6 Å². The fraction of sp³-hybridized carbons (Fsp3) is 0.105. The summed E-state index contributed by atoms with van der Waals surface area (Å²) in [5.74, 6) is -0.910. The number of nitrogens with zero attached hydrogens (tertiary/aromatic N) is 2. The lowest BCUT2D eigenvalue weighted by Gasteiger charge is -2.19. The maximum atomic E-state index is 11.1. The summed E-state index contributed by atoms with van der Waals surface area (Å²) in [7, 11) is 0. The average Bonchev–Trinajstić information content (AvgIpc) is 2.62. The molecule has 7 nitrogen and oxygen atoms in total. The van der Waals surface area contributed by atoms with E-state index in [0.717, 1.165) is 5.69 Å². The minimum absolute atomic E-state index is 0.110. The number of hydrogen-bond donors (Lipinski definition) is 4. The van der Waals surface area contributed by atoms with Crippen LogP contribution in [0.5, 0.6) is 0 Å². The van der Waals surface area contributed by atoms with Crippen molar-refractivity contribution >= 4 is 34.9 Å². The van der Waals surface area contributed by atoms with Gasteiger partial charge in [0, 0.05) is 33.7 Å². The first-order valence-corrected chi connectivity index (χ1v) is 8.50. The summed E-state index contributed by atoms with van der Waals surface area (Å²) in [5, 5.41) is 13.1. The Kier molecular flexibility index (Phi) is 5.14. The quantitative estimate of drug-likeness (QED) is 0.493. The minimum atomic E-state index is -1.04. The van der Waals surface area contributed by atoms with Gasteiger partial charge in [0.05, 0.1) is 17.3 Å². The van der Waals surface area contributed by atoms with Crippen LogP contribution in [0.1, 0.15) is 29.0 Å². The van der Waals surface area contributed by atoms with Crippen molar-refractivity contribution in [2.24, 2.45) is 0 Å². The Morgan fingerprint density at radius 1 is 1.19 bits per heavy atom. The number of aromatic carboxylic acids is 1. The summed E-state index contributed by atoms with van der Waals surface area (Å²) >= 11 is 6.04. The second kappa shape index (κ2) is 7.51. The fourth-order valence-electron chi connectivity index (χ4n) is 2.78. The van der Waals surface area contributed by atoms with Crippen LogP contribution in [0.4, 0.5) is 17.3 Å². The van der Waals surface area contributed by atoms with Gasteiger partial charge in [0.2, 0.25) is 5.95 Å². The van der Waals surface area contributed by atoms with Gasteiger partial charge in [0.25, 0.3) is 0 Å². The average molecular weight is 384 g/mol. The van der Waals surface area contributed by atoms with Crippen molar-refractivity contribution in [1.82, 2.24) is 9.97 Å². The second-order valence-corrected chi connectivity index (χ2v) is 6.45. The van der Waals surface area contributed by atoms with Gasteiger partial charge in [-0.25, -0.2) is 14.8 Å². The van der Waals surface area contributed by atoms with Crippen molar-refractivity contribution in [2.75, 3.05) is 16.8 Å². The van der Waals surface area contributed by atoms with E-state index >= 15 is 0 Å². The highest BCUT2D eigenvalue weighted by molar-refractivity contribution is 6.30. The third-order valence-corrected chi connectivity index (χ3v) is 4.28. The molecule has 3 rings (SSSR count). The predicted molar refractivity (Wildman–Crippen MR) is 107 cm³/mol.